The largest absolute Gasteiger partial charge is 0.367 e. The van der Waals surface area contributed by atoms with Gasteiger partial charge in [0.2, 0.25) is 6.41 Å². The first-order chi connectivity index (χ1) is 11.8. The molecule has 0 saturated heterocycles. The topological polar surface area (TPSA) is 103 Å². The lowest BCUT2D eigenvalue weighted by Gasteiger charge is -2.30. The summed E-state index contributed by atoms with van der Waals surface area (Å²) in [4.78, 5) is 10.5. The molecule has 1 unspecified atom stereocenters. The highest BCUT2D eigenvalue weighted by Gasteiger charge is 2.19. The number of aliphatic hydroxyl groups excluding tert-OH is 1. The third-order valence-electron chi connectivity index (χ3n) is 3.71. The van der Waals surface area contributed by atoms with Crippen LogP contribution in [0, 0.1) is 5.41 Å². The molecule has 3 atom stereocenters. The number of hydrogen-bond donors (Lipinski definition) is 3. The lowest BCUT2D eigenvalue weighted by molar-refractivity contribution is -0.179. The molecule has 0 aromatic heterocycles. The summed E-state index contributed by atoms with van der Waals surface area (Å²) < 4.78 is 4.91. The fraction of sp³-hybridized carbons (Fsp3) is 0.588. The van der Waals surface area contributed by atoms with Crippen molar-refractivity contribution < 1.29 is 14.7 Å². The van der Waals surface area contributed by atoms with Gasteiger partial charge in [-0.05, 0) is 47.9 Å². The Balaban J connectivity index is 4.85. The second-order valence-electron chi connectivity index (χ2n) is 5.67. The molecular formula is C17H31N5O3. The fourth-order valence-electron chi connectivity index (χ4n) is 2.07. The Morgan fingerprint density at radius 2 is 2.08 bits per heavy atom. The van der Waals surface area contributed by atoms with Gasteiger partial charge in [-0.3, -0.25) is 4.90 Å². The van der Waals surface area contributed by atoms with Gasteiger partial charge < -0.3 is 25.4 Å². The quantitative estimate of drug-likeness (QED) is 0.216. The third kappa shape index (κ3) is 8.57. The smallest absolute Gasteiger partial charge is 0.215 e. The molecule has 0 aromatic carbocycles. The number of nitrogens with zero attached hydrogens (tertiary/aromatic N) is 3. The molecular weight excluding hydrogens is 322 g/mol. The predicted molar refractivity (Wildman–Crippen MR) is 102 cm³/mol. The zero-order valence-electron chi connectivity index (χ0n) is 16.0. The van der Waals surface area contributed by atoms with Crippen LogP contribution in [0.2, 0.25) is 0 Å². The maximum Gasteiger partial charge on any atom is 0.215 e. The number of ether oxygens (including phenoxy) is 1. The van der Waals surface area contributed by atoms with Crippen LogP contribution in [-0.2, 0) is 9.57 Å². The van der Waals surface area contributed by atoms with Crippen molar-refractivity contribution in [1.82, 2.24) is 10.2 Å². The zero-order valence-corrected chi connectivity index (χ0v) is 16.0. The summed E-state index contributed by atoms with van der Waals surface area (Å²) in [6, 6.07) is 0.123. The molecule has 25 heavy (non-hydrogen) atoms. The molecule has 0 spiro atoms. The minimum Gasteiger partial charge on any atom is -0.367 e. The molecule has 0 bridgehead atoms. The second-order valence-corrected chi connectivity index (χ2v) is 5.67. The van der Waals surface area contributed by atoms with Crippen LogP contribution in [0.3, 0.4) is 0 Å². The lowest BCUT2D eigenvalue weighted by Crippen LogP contribution is -2.42. The van der Waals surface area contributed by atoms with Gasteiger partial charge in [0.1, 0.15) is 12.1 Å². The van der Waals surface area contributed by atoms with Gasteiger partial charge in [-0.25, -0.2) is 4.99 Å². The van der Waals surface area contributed by atoms with E-state index in [-0.39, 0.29) is 17.8 Å². The van der Waals surface area contributed by atoms with E-state index in [1.54, 1.807) is 25.8 Å². The Labute approximate surface area is 150 Å². The van der Waals surface area contributed by atoms with Crippen LogP contribution >= 0.6 is 0 Å². The van der Waals surface area contributed by atoms with E-state index in [1.807, 2.05) is 13.8 Å². The number of oxime groups is 1. The van der Waals surface area contributed by atoms with Gasteiger partial charge in [0, 0.05) is 37.1 Å². The molecule has 0 heterocycles. The van der Waals surface area contributed by atoms with E-state index in [0.717, 1.165) is 6.42 Å². The molecule has 8 nitrogen and oxygen atoms in total. The average molecular weight is 353 g/mol. The van der Waals surface area contributed by atoms with Crippen molar-refractivity contribution in [1.29, 1.82) is 5.41 Å². The Morgan fingerprint density at radius 3 is 2.60 bits per heavy atom. The molecule has 0 amide bonds. The second kappa shape index (κ2) is 12.3. The van der Waals surface area contributed by atoms with E-state index in [9.17, 15) is 5.11 Å². The van der Waals surface area contributed by atoms with Crippen molar-refractivity contribution in [3.8, 4) is 0 Å². The van der Waals surface area contributed by atoms with Crippen molar-refractivity contribution in [2.75, 3.05) is 14.2 Å². The first-order valence-corrected chi connectivity index (χ1v) is 8.04. The fourth-order valence-corrected chi connectivity index (χ4v) is 2.07. The molecule has 0 fully saturated rings. The highest BCUT2D eigenvalue weighted by atomic mass is 16.6. The Hall–Kier alpha value is -2.03. The number of aliphatic hydroxyl groups is 1. The standard InChI is InChI=1S/C17H31N5O3/c1-8-20-25-10-9-15(18)14(4)16(19-5)21-12(2)11-13(3)22(6)17(23)24-7/h8-10,12-13,17-18,21,23H,5,11H2,1-4,6-7H3/b10-9+,16-14+,18-15?,20-8+/t12-,13-,17?/m0/s1. The average Bonchev–Trinajstić information content (AvgIpc) is 2.60. The molecule has 0 rings (SSSR count). The first-order valence-electron chi connectivity index (χ1n) is 8.04. The maximum absolute atomic E-state index is 9.71. The van der Waals surface area contributed by atoms with Gasteiger partial charge in [0.05, 0.1) is 5.71 Å². The number of allylic oxidation sites excluding steroid dienone is 2. The number of hydrogen-bond acceptors (Lipinski definition) is 8. The summed E-state index contributed by atoms with van der Waals surface area (Å²) in [6.45, 7) is 11.1. The summed E-state index contributed by atoms with van der Waals surface area (Å²) in [6.07, 6.45) is 4.13. The van der Waals surface area contributed by atoms with E-state index >= 15 is 0 Å². The molecule has 0 aliphatic heterocycles. The van der Waals surface area contributed by atoms with Gasteiger partial charge in [0.15, 0.2) is 0 Å². The van der Waals surface area contributed by atoms with Crippen LogP contribution < -0.4 is 5.32 Å². The van der Waals surface area contributed by atoms with E-state index in [4.69, 9.17) is 15.0 Å². The molecule has 3 N–H and O–H groups in total. The Kier molecular flexibility index (Phi) is 11.3. The highest BCUT2D eigenvalue weighted by molar-refractivity contribution is 6.06. The molecule has 142 valence electrons. The van der Waals surface area contributed by atoms with Crippen molar-refractivity contribution in [2.45, 2.75) is 52.6 Å². The summed E-state index contributed by atoms with van der Waals surface area (Å²) in [5.74, 6) is 0.531. The zero-order chi connectivity index (χ0) is 19.4. The van der Waals surface area contributed by atoms with Gasteiger partial charge in [-0.2, -0.15) is 0 Å². The SMILES string of the molecule is C=N/C(N[C@@H](C)C[C@H](C)N(C)C(O)OC)=C(/C)C(=N)/C=C/O/N=C/C. The number of nitrogens with one attached hydrogen (secondary N) is 2. The van der Waals surface area contributed by atoms with Crippen molar-refractivity contribution in [2.24, 2.45) is 10.1 Å². The number of methoxy groups -OCH3 is 1. The molecule has 0 radical (unpaired) electrons. The lowest BCUT2D eigenvalue weighted by atomic mass is 10.1. The summed E-state index contributed by atoms with van der Waals surface area (Å²) in [5.41, 5.74) is 0.883. The van der Waals surface area contributed by atoms with E-state index in [2.05, 4.69) is 22.2 Å². The van der Waals surface area contributed by atoms with Crippen LogP contribution in [0.25, 0.3) is 0 Å². The van der Waals surface area contributed by atoms with Gasteiger partial charge in [-0.1, -0.05) is 5.16 Å². The third-order valence-corrected chi connectivity index (χ3v) is 3.71. The molecule has 0 saturated carbocycles. The van der Waals surface area contributed by atoms with Crippen LogP contribution in [0.15, 0.2) is 33.9 Å². The molecule has 0 aliphatic rings. The predicted octanol–water partition coefficient (Wildman–Crippen LogP) is 2.09. The van der Waals surface area contributed by atoms with E-state index in [1.165, 1.54) is 25.7 Å². The first kappa shape index (κ1) is 23.0. The minimum absolute atomic E-state index is 0.0506. The van der Waals surface area contributed by atoms with Gasteiger partial charge >= 0.3 is 0 Å². The van der Waals surface area contributed by atoms with Gasteiger partial charge in [0.25, 0.3) is 0 Å². The van der Waals surface area contributed by atoms with Crippen LogP contribution in [0.5, 0.6) is 0 Å². The molecule has 0 aromatic rings. The Morgan fingerprint density at radius 1 is 1.44 bits per heavy atom. The van der Waals surface area contributed by atoms with Crippen LogP contribution in [0.1, 0.15) is 34.1 Å². The van der Waals surface area contributed by atoms with E-state index < -0.39 is 6.41 Å². The van der Waals surface area contributed by atoms with Crippen molar-refractivity contribution in [3.63, 3.8) is 0 Å². The number of rotatable bonds is 12. The van der Waals surface area contributed by atoms with Crippen molar-refractivity contribution >= 4 is 18.6 Å². The summed E-state index contributed by atoms with van der Waals surface area (Å²) in [7, 11) is 3.24. The molecule has 0 aliphatic carbocycles. The summed E-state index contributed by atoms with van der Waals surface area (Å²) in [5, 5.41) is 24.6. The summed E-state index contributed by atoms with van der Waals surface area (Å²) >= 11 is 0. The Bertz CT molecular complexity index is 516. The number of aliphatic imine (C=N–C) groups is 1. The van der Waals surface area contributed by atoms with Crippen molar-refractivity contribution in [3.05, 3.63) is 23.7 Å². The monoisotopic (exact) mass is 353 g/mol. The normalized spacial score (nSPS) is 16.6. The van der Waals surface area contributed by atoms with E-state index in [0.29, 0.717) is 11.4 Å². The van der Waals surface area contributed by atoms with Gasteiger partial charge in [-0.15, -0.1) is 0 Å². The van der Waals surface area contributed by atoms with Crippen LogP contribution in [0.4, 0.5) is 0 Å². The maximum atomic E-state index is 9.71. The van der Waals surface area contributed by atoms with Crippen LogP contribution in [-0.4, -0.2) is 61.3 Å². The minimum atomic E-state index is -0.944. The highest BCUT2D eigenvalue weighted by Crippen LogP contribution is 2.11. The molecule has 8 heteroatoms.